The van der Waals surface area contributed by atoms with E-state index in [2.05, 4.69) is 15.3 Å². The van der Waals surface area contributed by atoms with Crippen LogP contribution in [0.5, 0.6) is 0 Å². The van der Waals surface area contributed by atoms with Crippen molar-refractivity contribution in [1.29, 1.82) is 0 Å². The summed E-state index contributed by atoms with van der Waals surface area (Å²) in [5, 5.41) is 2.87. The Labute approximate surface area is 173 Å². The third kappa shape index (κ3) is 3.10. The number of pyridine rings is 2. The fourth-order valence-electron chi connectivity index (χ4n) is 3.79. The quantitative estimate of drug-likeness (QED) is 0.574. The molecule has 7 nitrogen and oxygen atoms in total. The summed E-state index contributed by atoms with van der Waals surface area (Å²) in [5.41, 5.74) is 3.76. The van der Waals surface area contributed by atoms with Gasteiger partial charge in [-0.05, 0) is 41.8 Å². The summed E-state index contributed by atoms with van der Waals surface area (Å²) >= 11 is 0. The standard InChI is InChI=1S/C23H19N5O2/c29-22(25-15-16-6-5-11-24-14-16)20-19-9-3-4-12-27(19)21(26-20)23(30)28-13-10-17-7-1-2-8-18(17)28/h1-9,11-12,14H,10,13,15H2,(H,25,29). The summed E-state index contributed by atoms with van der Waals surface area (Å²) in [7, 11) is 0. The first kappa shape index (κ1) is 18.1. The summed E-state index contributed by atoms with van der Waals surface area (Å²) in [4.78, 5) is 36.4. The molecule has 0 bridgehead atoms. The van der Waals surface area contributed by atoms with E-state index in [1.807, 2.05) is 48.5 Å². The number of benzene rings is 1. The second-order valence-electron chi connectivity index (χ2n) is 7.12. The number of amides is 2. The molecule has 0 spiro atoms. The zero-order chi connectivity index (χ0) is 20.5. The Balaban J connectivity index is 1.47. The molecule has 2 amide bonds. The van der Waals surface area contributed by atoms with Crippen molar-refractivity contribution in [2.45, 2.75) is 13.0 Å². The first-order chi connectivity index (χ1) is 14.7. The molecule has 4 aromatic rings. The lowest BCUT2D eigenvalue weighted by molar-refractivity contribution is 0.0948. The van der Waals surface area contributed by atoms with Crippen molar-refractivity contribution in [3.05, 3.63) is 95.8 Å². The monoisotopic (exact) mass is 397 g/mol. The molecule has 0 saturated carbocycles. The normalized spacial score (nSPS) is 12.7. The smallest absolute Gasteiger partial charge is 0.294 e. The van der Waals surface area contributed by atoms with Crippen LogP contribution < -0.4 is 10.2 Å². The molecule has 3 aromatic heterocycles. The van der Waals surface area contributed by atoms with Gasteiger partial charge in [0.2, 0.25) is 5.82 Å². The maximum Gasteiger partial charge on any atom is 0.294 e. The van der Waals surface area contributed by atoms with Crippen LogP contribution in [0, 0.1) is 0 Å². The van der Waals surface area contributed by atoms with Crippen LogP contribution in [0.3, 0.4) is 0 Å². The maximum atomic E-state index is 13.3. The van der Waals surface area contributed by atoms with E-state index >= 15 is 0 Å². The molecule has 0 fully saturated rings. The van der Waals surface area contributed by atoms with E-state index in [-0.39, 0.29) is 23.3 Å². The maximum absolute atomic E-state index is 13.3. The summed E-state index contributed by atoms with van der Waals surface area (Å²) in [6.45, 7) is 0.934. The molecule has 5 rings (SSSR count). The topological polar surface area (TPSA) is 79.6 Å². The van der Waals surface area contributed by atoms with Gasteiger partial charge in [-0.15, -0.1) is 0 Å². The highest BCUT2D eigenvalue weighted by Gasteiger charge is 2.29. The number of rotatable bonds is 4. The highest BCUT2D eigenvalue weighted by Crippen LogP contribution is 2.29. The fraction of sp³-hybridized carbons (Fsp3) is 0.130. The SMILES string of the molecule is O=C(NCc1cccnc1)c1nc(C(=O)N2CCc3ccccc32)n2ccccc12. The van der Waals surface area contributed by atoms with Crippen molar-refractivity contribution in [1.82, 2.24) is 19.7 Å². The number of hydrogen-bond donors (Lipinski definition) is 1. The molecule has 1 aliphatic rings. The number of carbonyl (C=O) groups is 2. The van der Waals surface area contributed by atoms with E-state index in [0.29, 0.717) is 18.6 Å². The van der Waals surface area contributed by atoms with Crippen molar-refractivity contribution in [2.24, 2.45) is 0 Å². The van der Waals surface area contributed by atoms with Crippen LogP contribution in [0.1, 0.15) is 32.2 Å². The summed E-state index contributed by atoms with van der Waals surface area (Å²) in [6, 6.07) is 17.0. The highest BCUT2D eigenvalue weighted by atomic mass is 16.2. The Bertz CT molecular complexity index is 1250. The van der Waals surface area contributed by atoms with Crippen LogP contribution in [0.4, 0.5) is 5.69 Å². The number of hydrogen-bond acceptors (Lipinski definition) is 4. The van der Waals surface area contributed by atoms with Crippen molar-refractivity contribution in [3.63, 3.8) is 0 Å². The molecule has 0 radical (unpaired) electrons. The molecular formula is C23H19N5O2. The van der Waals surface area contributed by atoms with Gasteiger partial charge in [0.15, 0.2) is 5.69 Å². The third-order valence-corrected chi connectivity index (χ3v) is 5.26. The molecule has 0 aliphatic carbocycles. The van der Waals surface area contributed by atoms with Crippen LogP contribution >= 0.6 is 0 Å². The highest BCUT2D eigenvalue weighted by molar-refractivity contribution is 6.08. The average molecular weight is 397 g/mol. The van der Waals surface area contributed by atoms with E-state index in [0.717, 1.165) is 23.2 Å². The minimum atomic E-state index is -0.330. The molecule has 30 heavy (non-hydrogen) atoms. The Morgan fingerprint density at radius 1 is 1.03 bits per heavy atom. The Morgan fingerprint density at radius 3 is 2.77 bits per heavy atom. The largest absolute Gasteiger partial charge is 0.346 e. The summed E-state index contributed by atoms with van der Waals surface area (Å²) in [6.07, 6.45) is 5.95. The van der Waals surface area contributed by atoms with Gasteiger partial charge in [0.05, 0.1) is 5.52 Å². The van der Waals surface area contributed by atoms with Gasteiger partial charge in [0.1, 0.15) is 0 Å². The van der Waals surface area contributed by atoms with Gasteiger partial charge >= 0.3 is 0 Å². The first-order valence-electron chi connectivity index (χ1n) is 9.76. The van der Waals surface area contributed by atoms with Crippen molar-refractivity contribution in [2.75, 3.05) is 11.4 Å². The van der Waals surface area contributed by atoms with Crippen LogP contribution in [0.25, 0.3) is 5.52 Å². The number of fused-ring (bicyclic) bond motifs is 2. The van der Waals surface area contributed by atoms with E-state index in [4.69, 9.17) is 0 Å². The van der Waals surface area contributed by atoms with E-state index in [9.17, 15) is 9.59 Å². The lowest BCUT2D eigenvalue weighted by Gasteiger charge is -2.16. The molecule has 1 aromatic carbocycles. The minimum absolute atomic E-state index is 0.215. The summed E-state index contributed by atoms with van der Waals surface area (Å²) in [5.74, 6) is -0.315. The lowest BCUT2D eigenvalue weighted by atomic mass is 10.2. The predicted octanol–water partition coefficient (Wildman–Crippen LogP) is 2.86. The van der Waals surface area contributed by atoms with Gasteiger partial charge in [-0.25, -0.2) is 4.98 Å². The number of anilines is 1. The van der Waals surface area contributed by atoms with Gasteiger partial charge in [-0.1, -0.05) is 30.3 Å². The van der Waals surface area contributed by atoms with Gasteiger partial charge in [0, 0.05) is 37.4 Å². The van der Waals surface area contributed by atoms with Gasteiger partial charge < -0.3 is 10.2 Å². The first-order valence-corrected chi connectivity index (χ1v) is 9.76. The van der Waals surface area contributed by atoms with Crippen molar-refractivity contribution < 1.29 is 9.59 Å². The Kier molecular flexibility index (Phi) is 4.48. The Morgan fingerprint density at radius 2 is 1.90 bits per heavy atom. The lowest BCUT2D eigenvalue weighted by Crippen LogP contribution is -2.30. The van der Waals surface area contributed by atoms with E-state index in [1.165, 1.54) is 0 Å². The fourth-order valence-corrected chi connectivity index (χ4v) is 3.79. The molecular weight excluding hydrogens is 378 g/mol. The molecule has 1 N–H and O–H groups in total. The second kappa shape index (κ2) is 7.44. The van der Waals surface area contributed by atoms with Crippen molar-refractivity contribution in [3.8, 4) is 0 Å². The number of nitrogens with zero attached hydrogens (tertiary/aromatic N) is 4. The minimum Gasteiger partial charge on any atom is -0.346 e. The molecule has 0 atom stereocenters. The third-order valence-electron chi connectivity index (χ3n) is 5.26. The van der Waals surface area contributed by atoms with Crippen LogP contribution in [0.15, 0.2) is 73.2 Å². The number of carbonyl (C=O) groups excluding carboxylic acids is 2. The average Bonchev–Trinajstić information content (AvgIpc) is 3.40. The molecule has 1 aliphatic heterocycles. The van der Waals surface area contributed by atoms with Crippen LogP contribution in [-0.2, 0) is 13.0 Å². The number of nitrogens with one attached hydrogen (secondary N) is 1. The molecule has 7 heteroatoms. The number of para-hydroxylation sites is 1. The predicted molar refractivity (Wildman–Crippen MR) is 112 cm³/mol. The van der Waals surface area contributed by atoms with Gasteiger partial charge in [-0.3, -0.25) is 19.0 Å². The number of aromatic nitrogens is 3. The second-order valence-corrected chi connectivity index (χ2v) is 7.12. The van der Waals surface area contributed by atoms with Gasteiger partial charge in [-0.2, -0.15) is 0 Å². The molecule has 148 valence electrons. The van der Waals surface area contributed by atoms with Crippen LogP contribution in [-0.4, -0.2) is 32.7 Å². The molecule has 0 saturated heterocycles. The number of imidazole rings is 1. The Hall–Kier alpha value is -4.00. The molecule has 0 unspecified atom stereocenters. The van der Waals surface area contributed by atoms with Crippen molar-refractivity contribution >= 4 is 23.0 Å². The zero-order valence-corrected chi connectivity index (χ0v) is 16.2. The van der Waals surface area contributed by atoms with Crippen LogP contribution in [0.2, 0.25) is 0 Å². The zero-order valence-electron chi connectivity index (χ0n) is 16.2. The molecule has 4 heterocycles. The van der Waals surface area contributed by atoms with E-state index in [1.54, 1.807) is 34.0 Å². The van der Waals surface area contributed by atoms with E-state index < -0.39 is 0 Å². The summed E-state index contributed by atoms with van der Waals surface area (Å²) < 4.78 is 1.68. The van der Waals surface area contributed by atoms with Gasteiger partial charge in [0.25, 0.3) is 11.8 Å².